The van der Waals surface area contributed by atoms with Crippen molar-refractivity contribution in [2.24, 2.45) is 11.7 Å². The molecular formula is C30H43N3OS. The topological polar surface area (TPSA) is 49.6 Å². The molecule has 0 aromatic heterocycles. The van der Waals surface area contributed by atoms with Crippen molar-refractivity contribution in [3.05, 3.63) is 70.8 Å². The number of likely N-dealkylation sites (tertiary alicyclic amines) is 1. The summed E-state index contributed by atoms with van der Waals surface area (Å²) in [4.78, 5) is 18.8. The Balaban J connectivity index is 1.73. The molecular weight excluding hydrogens is 450 g/mol. The number of thiocarbonyl (C=S) groups is 1. The lowest BCUT2D eigenvalue weighted by Gasteiger charge is -2.39. The van der Waals surface area contributed by atoms with Crippen LogP contribution in [0.4, 0.5) is 0 Å². The lowest BCUT2D eigenvalue weighted by molar-refractivity contribution is 0.0546. The van der Waals surface area contributed by atoms with Crippen LogP contribution in [0.2, 0.25) is 0 Å². The van der Waals surface area contributed by atoms with Crippen molar-refractivity contribution >= 4 is 23.1 Å². The minimum atomic E-state index is 0.129. The number of rotatable bonds is 12. The molecule has 0 radical (unpaired) electrons. The lowest BCUT2D eigenvalue weighted by atomic mass is 9.99. The molecule has 0 unspecified atom stereocenters. The van der Waals surface area contributed by atoms with Crippen LogP contribution in [-0.4, -0.2) is 46.4 Å². The summed E-state index contributed by atoms with van der Waals surface area (Å²) < 4.78 is 0. The first-order valence-electron chi connectivity index (χ1n) is 13.4. The van der Waals surface area contributed by atoms with Crippen molar-refractivity contribution in [1.82, 2.24) is 9.80 Å². The third-order valence-corrected chi connectivity index (χ3v) is 7.38. The van der Waals surface area contributed by atoms with Gasteiger partial charge in [-0.05, 0) is 67.8 Å². The molecule has 0 atom stereocenters. The van der Waals surface area contributed by atoms with Gasteiger partial charge in [-0.3, -0.25) is 4.79 Å². The van der Waals surface area contributed by atoms with Gasteiger partial charge in [0.05, 0.1) is 0 Å². The van der Waals surface area contributed by atoms with Crippen LogP contribution < -0.4 is 5.73 Å². The number of unbranched alkanes of at least 4 members (excludes halogenated alkanes) is 2. The second-order valence-corrected chi connectivity index (χ2v) is 10.8. The first kappa shape index (κ1) is 27.3. The predicted octanol–water partition coefficient (Wildman–Crippen LogP) is 6.21. The molecule has 35 heavy (non-hydrogen) atoms. The van der Waals surface area contributed by atoms with Gasteiger partial charge in [-0.25, -0.2) is 0 Å². The van der Waals surface area contributed by atoms with Gasteiger partial charge in [-0.2, -0.15) is 0 Å². The number of nitrogens with two attached hydrogens (primary N) is 1. The first-order valence-corrected chi connectivity index (χ1v) is 13.8. The van der Waals surface area contributed by atoms with Crippen LogP contribution in [-0.2, 0) is 13.0 Å². The number of aryl methyl sites for hydroxylation is 1. The lowest BCUT2D eigenvalue weighted by Crippen LogP contribution is -2.47. The quantitative estimate of drug-likeness (QED) is 0.282. The highest BCUT2D eigenvalue weighted by molar-refractivity contribution is 7.80. The Morgan fingerprint density at radius 1 is 1.00 bits per heavy atom. The molecule has 0 aliphatic carbocycles. The predicted molar refractivity (Wildman–Crippen MR) is 151 cm³/mol. The number of carbonyl (C=O) groups is 1. The van der Waals surface area contributed by atoms with Crippen molar-refractivity contribution in [3.8, 4) is 0 Å². The fraction of sp³-hybridized carbons (Fsp3) is 0.533. The molecule has 3 rings (SSSR count). The SMILES string of the molecule is CCCCCc1ccc(C(=O)N(Cc2ccc(C(N)=S)cc2)C2CCN(CCC(C)C)CC2)cc1. The summed E-state index contributed by atoms with van der Waals surface area (Å²) in [7, 11) is 0. The summed E-state index contributed by atoms with van der Waals surface area (Å²) in [5.74, 6) is 0.851. The Hall–Kier alpha value is -2.24. The third-order valence-electron chi connectivity index (χ3n) is 7.14. The highest BCUT2D eigenvalue weighted by Crippen LogP contribution is 2.23. The Morgan fingerprint density at radius 2 is 1.60 bits per heavy atom. The minimum absolute atomic E-state index is 0.129. The third kappa shape index (κ3) is 8.43. The average molecular weight is 494 g/mol. The van der Waals surface area contributed by atoms with Crippen LogP contribution in [0.5, 0.6) is 0 Å². The molecule has 4 nitrogen and oxygen atoms in total. The average Bonchev–Trinajstić information content (AvgIpc) is 2.87. The second kappa shape index (κ2) is 13.7. The maximum atomic E-state index is 13.8. The van der Waals surface area contributed by atoms with E-state index in [4.69, 9.17) is 18.0 Å². The summed E-state index contributed by atoms with van der Waals surface area (Å²) >= 11 is 5.10. The number of hydrogen-bond acceptors (Lipinski definition) is 3. The van der Waals surface area contributed by atoms with Crippen LogP contribution in [0.3, 0.4) is 0 Å². The van der Waals surface area contributed by atoms with Gasteiger partial charge >= 0.3 is 0 Å². The van der Waals surface area contributed by atoms with Crippen molar-refractivity contribution in [1.29, 1.82) is 0 Å². The van der Waals surface area contributed by atoms with Gasteiger partial charge in [0.1, 0.15) is 4.99 Å². The molecule has 190 valence electrons. The van der Waals surface area contributed by atoms with E-state index in [0.29, 0.717) is 11.5 Å². The maximum absolute atomic E-state index is 13.8. The summed E-state index contributed by atoms with van der Waals surface area (Å²) in [5.41, 5.74) is 9.84. The van der Waals surface area contributed by atoms with E-state index in [2.05, 4.69) is 42.7 Å². The van der Waals surface area contributed by atoms with E-state index in [-0.39, 0.29) is 11.9 Å². The van der Waals surface area contributed by atoms with E-state index in [1.54, 1.807) is 0 Å². The van der Waals surface area contributed by atoms with Crippen LogP contribution in [0, 0.1) is 5.92 Å². The van der Waals surface area contributed by atoms with Crippen molar-refractivity contribution < 1.29 is 4.79 Å². The minimum Gasteiger partial charge on any atom is -0.389 e. The molecule has 1 saturated heterocycles. The highest BCUT2D eigenvalue weighted by Gasteiger charge is 2.29. The summed E-state index contributed by atoms with van der Waals surface area (Å²) in [6.07, 6.45) is 8.02. The fourth-order valence-corrected chi connectivity index (χ4v) is 4.93. The largest absolute Gasteiger partial charge is 0.389 e. The molecule has 0 saturated carbocycles. The van der Waals surface area contributed by atoms with Gasteiger partial charge in [-0.1, -0.05) is 82.2 Å². The molecule has 1 amide bonds. The van der Waals surface area contributed by atoms with E-state index in [9.17, 15) is 4.79 Å². The zero-order valence-electron chi connectivity index (χ0n) is 21.8. The van der Waals surface area contributed by atoms with Crippen molar-refractivity contribution in [2.45, 2.75) is 78.3 Å². The molecule has 1 fully saturated rings. The second-order valence-electron chi connectivity index (χ2n) is 10.4. The molecule has 0 bridgehead atoms. The summed E-state index contributed by atoms with van der Waals surface area (Å²) in [6, 6.07) is 16.6. The van der Waals surface area contributed by atoms with E-state index in [1.165, 1.54) is 31.2 Å². The van der Waals surface area contributed by atoms with Gasteiger partial charge in [-0.15, -0.1) is 0 Å². The molecule has 1 heterocycles. The number of nitrogens with zero attached hydrogens (tertiary/aromatic N) is 2. The molecule has 0 spiro atoms. The Labute approximate surface area is 217 Å². The Morgan fingerprint density at radius 3 is 2.17 bits per heavy atom. The van der Waals surface area contributed by atoms with Gasteiger partial charge in [0.15, 0.2) is 0 Å². The standard InChI is InChI=1S/C30H43N3OS/c1-4-5-6-7-24-8-14-27(15-9-24)30(34)33(22-25-10-12-26(13-11-25)29(31)35)28-17-20-32(21-18-28)19-16-23(2)3/h8-15,23,28H,4-7,16-22H2,1-3H3,(H2,31,35). The highest BCUT2D eigenvalue weighted by atomic mass is 32.1. The number of benzene rings is 2. The monoisotopic (exact) mass is 493 g/mol. The van der Waals surface area contributed by atoms with Gasteiger partial charge in [0.2, 0.25) is 0 Å². The number of amides is 1. The Kier molecular flexibility index (Phi) is 10.7. The van der Waals surface area contributed by atoms with Crippen LogP contribution in [0.1, 0.15) is 86.3 Å². The van der Waals surface area contributed by atoms with Gasteiger partial charge in [0.25, 0.3) is 5.91 Å². The van der Waals surface area contributed by atoms with Crippen LogP contribution in [0.25, 0.3) is 0 Å². The summed E-state index contributed by atoms with van der Waals surface area (Å²) in [6.45, 7) is 10.7. The zero-order chi connectivity index (χ0) is 25.2. The molecule has 1 aliphatic rings. The van der Waals surface area contributed by atoms with Crippen LogP contribution in [0.15, 0.2) is 48.5 Å². The number of hydrogen-bond donors (Lipinski definition) is 1. The van der Waals surface area contributed by atoms with E-state index in [0.717, 1.165) is 61.5 Å². The normalized spacial score (nSPS) is 14.9. The smallest absolute Gasteiger partial charge is 0.254 e. The van der Waals surface area contributed by atoms with Crippen LogP contribution >= 0.6 is 12.2 Å². The van der Waals surface area contributed by atoms with E-state index in [1.807, 2.05) is 36.4 Å². The van der Waals surface area contributed by atoms with E-state index >= 15 is 0 Å². The fourth-order valence-electron chi connectivity index (χ4n) is 4.79. The number of piperidine rings is 1. The van der Waals surface area contributed by atoms with Crippen molar-refractivity contribution in [2.75, 3.05) is 19.6 Å². The maximum Gasteiger partial charge on any atom is 0.254 e. The molecule has 1 aliphatic heterocycles. The zero-order valence-corrected chi connectivity index (χ0v) is 22.7. The van der Waals surface area contributed by atoms with Crippen molar-refractivity contribution in [3.63, 3.8) is 0 Å². The van der Waals surface area contributed by atoms with Gasteiger partial charge < -0.3 is 15.5 Å². The molecule has 2 aromatic rings. The molecule has 5 heteroatoms. The van der Waals surface area contributed by atoms with Gasteiger partial charge in [0, 0.05) is 36.8 Å². The number of carbonyl (C=O) groups excluding carboxylic acids is 1. The summed E-state index contributed by atoms with van der Waals surface area (Å²) in [5, 5.41) is 0. The Bertz CT molecular complexity index is 931. The first-order chi connectivity index (χ1) is 16.9. The molecule has 2 N–H and O–H groups in total. The molecule has 2 aromatic carbocycles. The van der Waals surface area contributed by atoms with E-state index < -0.39 is 0 Å².